The number of hydrogen-bond donors (Lipinski definition) is 2. The highest BCUT2D eigenvalue weighted by Crippen LogP contribution is 2.25. The maximum Gasteiger partial charge on any atom is 0.319 e. The molecule has 170 valence electrons. The number of amides is 2. The van der Waals surface area contributed by atoms with E-state index < -0.39 is 16.1 Å². The van der Waals surface area contributed by atoms with Gasteiger partial charge in [-0.05, 0) is 50.2 Å². The Bertz CT molecular complexity index is 1150. The SMILES string of the molecule is C[C@@H]1CN(S(=O)(=O)CCNC(=O)Nc2ccc(-c3nc4ccccc4o3)cc2)C[C@H](C)O1. The highest BCUT2D eigenvalue weighted by molar-refractivity contribution is 7.89. The Labute approximate surface area is 186 Å². The molecule has 2 heterocycles. The molecule has 3 aromatic rings. The molecule has 0 bridgehead atoms. The molecule has 2 amide bonds. The zero-order valence-electron chi connectivity index (χ0n) is 17.9. The molecule has 1 fully saturated rings. The highest BCUT2D eigenvalue weighted by atomic mass is 32.2. The van der Waals surface area contributed by atoms with Crippen LogP contribution in [0.2, 0.25) is 0 Å². The number of sulfonamides is 1. The van der Waals surface area contributed by atoms with Gasteiger partial charge in [-0.25, -0.2) is 18.2 Å². The Morgan fingerprint density at radius 2 is 1.78 bits per heavy atom. The molecule has 0 aliphatic carbocycles. The number of hydrogen-bond acceptors (Lipinski definition) is 6. The second-order valence-electron chi connectivity index (χ2n) is 7.84. The molecule has 9 nitrogen and oxygen atoms in total. The Hall–Kier alpha value is -2.95. The zero-order valence-corrected chi connectivity index (χ0v) is 18.8. The third-order valence-corrected chi connectivity index (χ3v) is 6.91. The largest absolute Gasteiger partial charge is 0.436 e. The number of carbonyl (C=O) groups excluding carboxylic acids is 1. The molecule has 0 spiro atoms. The number of nitrogens with zero attached hydrogens (tertiary/aromatic N) is 2. The number of para-hydroxylation sites is 2. The predicted octanol–water partition coefficient (Wildman–Crippen LogP) is 3.06. The van der Waals surface area contributed by atoms with E-state index in [0.717, 1.165) is 11.1 Å². The van der Waals surface area contributed by atoms with Gasteiger partial charge >= 0.3 is 6.03 Å². The van der Waals surface area contributed by atoms with Crippen molar-refractivity contribution in [3.05, 3.63) is 48.5 Å². The Balaban J connectivity index is 1.28. The minimum atomic E-state index is -3.47. The molecular weight excluding hydrogens is 432 g/mol. The lowest BCUT2D eigenvalue weighted by molar-refractivity contribution is -0.0440. The quantitative estimate of drug-likeness (QED) is 0.587. The molecule has 1 aliphatic heterocycles. The van der Waals surface area contributed by atoms with Crippen LogP contribution in [0.1, 0.15) is 13.8 Å². The van der Waals surface area contributed by atoms with E-state index in [-0.39, 0.29) is 24.5 Å². The predicted molar refractivity (Wildman–Crippen MR) is 122 cm³/mol. The van der Waals surface area contributed by atoms with Crippen LogP contribution < -0.4 is 10.6 Å². The number of rotatable bonds is 6. The summed E-state index contributed by atoms with van der Waals surface area (Å²) in [6.45, 7) is 4.35. The van der Waals surface area contributed by atoms with E-state index in [1.54, 1.807) is 24.3 Å². The van der Waals surface area contributed by atoms with Crippen molar-refractivity contribution < 1.29 is 22.4 Å². The lowest BCUT2D eigenvalue weighted by atomic mass is 10.2. The number of ether oxygens (including phenoxy) is 1. The number of benzene rings is 2. The first-order chi connectivity index (χ1) is 15.3. The van der Waals surface area contributed by atoms with Crippen molar-refractivity contribution in [1.82, 2.24) is 14.6 Å². The molecule has 1 aromatic heterocycles. The van der Waals surface area contributed by atoms with Crippen LogP contribution in [0.25, 0.3) is 22.6 Å². The molecule has 2 atom stereocenters. The van der Waals surface area contributed by atoms with Crippen molar-refractivity contribution in [1.29, 1.82) is 0 Å². The van der Waals surface area contributed by atoms with Crippen molar-refractivity contribution in [2.24, 2.45) is 0 Å². The standard InChI is InChI=1S/C22H26N4O5S/c1-15-13-26(14-16(2)30-15)32(28,29)12-11-23-22(27)24-18-9-7-17(8-10-18)21-25-19-5-3-4-6-20(19)31-21/h3-10,15-16H,11-14H2,1-2H3,(H2,23,24,27)/t15-,16+. The summed E-state index contributed by atoms with van der Waals surface area (Å²) in [5.41, 5.74) is 2.84. The lowest BCUT2D eigenvalue weighted by Gasteiger charge is -2.34. The van der Waals surface area contributed by atoms with E-state index in [4.69, 9.17) is 9.15 Å². The zero-order chi connectivity index (χ0) is 22.7. The Morgan fingerprint density at radius 3 is 2.47 bits per heavy atom. The van der Waals surface area contributed by atoms with E-state index in [1.807, 2.05) is 38.1 Å². The number of fused-ring (bicyclic) bond motifs is 1. The van der Waals surface area contributed by atoms with Crippen LogP contribution in [0.5, 0.6) is 0 Å². The molecule has 0 radical (unpaired) electrons. The van der Waals surface area contributed by atoms with Crippen molar-refractivity contribution in [2.45, 2.75) is 26.1 Å². The first-order valence-corrected chi connectivity index (χ1v) is 12.1. The fourth-order valence-corrected chi connectivity index (χ4v) is 5.14. The third-order valence-electron chi connectivity index (χ3n) is 5.11. The van der Waals surface area contributed by atoms with Crippen molar-refractivity contribution in [3.63, 3.8) is 0 Å². The van der Waals surface area contributed by atoms with E-state index in [9.17, 15) is 13.2 Å². The fourth-order valence-electron chi connectivity index (χ4n) is 3.65. The number of oxazole rings is 1. The van der Waals surface area contributed by atoms with Crippen LogP contribution in [-0.4, -0.2) is 61.3 Å². The summed E-state index contributed by atoms with van der Waals surface area (Å²) >= 11 is 0. The fraction of sp³-hybridized carbons (Fsp3) is 0.364. The van der Waals surface area contributed by atoms with Gasteiger partial charge in [0.25, 0.3) is 0 Å². The minimum Gasteiger partial charge on any atom is -0.436 e. The van der Waals surface area contributed by atoms with Gasteiger partial charge in [-0.3, -0.25) is 0 Å². The summed E-state index contributed by atoms with van der Waals surface area (Å²) in [4.78, 5) is 16.6. The van der Waals surface area contributed by atoms with Crippen LogP contribution >= 0.6 is 0 Å². The molecule has 0 unspecified atom stereocenters. The van der Waals surface area contributed by atoms with Crippen LogP contribution in [0, 0.1) is 0 Å². The Kier molecular flexibility index (Phi) is 6.45. The number of carbonyl (C=O) groups is 1. The van der Waals surface area contributed by atoms with E-state index in [1.165, 1.54) is 4.31 Å². The first kappa shape index (κ1) is 22.3. The third kappa shape index (κ3) is 5.26. The van der Waals surface area contributed by atoms with Crippen LogP contribution in [-0.2, 0) is 14.8 Å². The van der Waals surface area contributed by atoms with Gasteiger partial charge in [-0.1, -0.05) is 12.1 Å². The van der Waals surface area contributed by atoms with Gasteiger partial charge in [0.2, 0.25) is 15.9 Å². The van der Waals surface area contributed by atoms with Crippen molar-refractivity contribution >= 4 is 32.8 Å². The molecule has 2 N–H and O–H groups in total. The van der Waals surface area contributed by atoms with Gasteiger partial charge < -0.3 is 19.8 Å². The maximum absolute atomic E-state index is 12.5. The average molecular weight is 459 g/mol. The van der Waals surface area contributed by atoms with Gasteiger partial charge in [-0.2, -0.15) is 4.31 Å². The van der Waals surface area contributed by atoms with Crippen LogP contribution in [0.15, 0.2) is 52.9 Å². The number of nitrogens with one attached hydrogen (secondary N) is 2. The monoisotopic (exact) mass is 458 g/mol. The second kappa shape index (κ2) is 9.27. The van der Waals surface area contributed by atoms with Crippen LogP contribution in [0.4, 0.5) is 10.5 Å². The molecule has 0 saturated carbocycles. The molecule has 1 aliphatic rings. The minimum absolute atomic E-state index is 0.00920. The van der Waals surface area contributed by atoms with E-state index in [2.05, 4.69) is 15.6 Å². The van der Waals surface area contributed by atoms with Gasteiger partial charge in [0.15, 0.2) is 5.58 Å². The van der Waals surface area contributed by atoms with E-state index >= 15 is 0 Å². The number of morpholine rings is 1. The summed E-state index contributed by atoms with van der Waals surface area (Å²) in [6, 6.07) is 14.1. The Morgan fingerprint density at radius 1 is 1.09 bits per heavy atom. The summed E-state index contributed by atoms with van der Waals surface area (Å²) < 4.78 is 37.8. The van der Waals surface area contributed by atoms with Gasteiger partial charge in [-0.15, -0.1) is 0 Å². The molecule has 1 saturated heterocycles. The van der Waals surface area contributed by atoms with Gasteiger partial charge in [0, 0.05) is 30.9 Å². The normalized spacial score (nSPS) is 19.7. The molecule has 4 rings (SSSR count). The highest BCUT2D eigenvalue weighted by Gasteiger charge is 2.30. The van der Waals surface area contributed by atoms with Crippen molar-refractivity contribution in [3.8, 4) is 11.5 Å². The van der Waals surface area contributed by atoms with E-state index in [0.29, 0.717) is 30.3 Å². The summed E-state index contributed by atoms with van der Waals surface area (Å²) in [6.07, 6.45) is -0.301. The molecular formula is C22H26N4O5S. The molecule has 32 heavy (non-hydrogen) atoms. The van der Waals surface area contributed by atoms with Crippen molar-refractivity contribution in [2.75, 3.05) is 30.7 Å². The summed E-state index contributed by atoms with van der Waals surface area (Å²) in [7, 11) is -3.47. The first-order valence-electron chi connectivity index (χ1n) is 10.4. The lowest BCUT2D eigenvalue weighted by Crippen LogP contribution is -2.49. The summed E-state index contributed by atoms with van der Waals surface area (Å²) in [5, 5.41) is 5.29. The maximum atomic E-state index is 12.5. The average Bonchev–Trinajstić information content (AvgIpc) is 3.18. The molecule has 2 aromatic carbocycles. The smallest absolute Gasteiger partial charge is 0.319 e. The molecule has 10 heteroatoms. The summed E-state index contributed by atoms with van der Waals surface area (Å²) in [5.74, 6) is 0.329. The van der Waals surface area contributed by atoms with Crippen LogP contribution in [0.3, 0.4) is 0 Å². The number of urea groups is 1. The second-order valence-corrected chi connectivity index (χ2v) is 9.92. The topological polar surface area (TPSA) is 114 Å². The number of aromatic nitrogens is 1. The number of anilines is 1. The van der Waals surface area contributed by atoms with Gasteiger partial charge in [0.1, 0.15) is 5.52 Å². The van der Waals surface area contributed by atoms with Gasteiger partial charge in [0.05, 0.1) is 18.0 Å².